The van der Waals surface area contributed by atoms with Crippen LogP contribution in [0.3, 0.4) is 0 Å². The second-order valence-electron chi connectivity index (χ2n) is 2.60. The first-order valence-electron chi connectivity index (χ1n) is 3.19. The predicted molar refractivity (Wildman–Crippen MR) is 53.7 cm³/mol. The highest BCUT2D eigenvalue weighted by atomic mass is 79.9. The van der Waals surface area contributed by atoms with Gasteiger partial charge in [0.25, 0.3) is 0 Å². The summed E-state index contributed by atoms with van der Waals surface area (Å²) in [4.78, 5) is 10.8. The van der Waals surface area contributed by atoms with Crippen LogP contribution < -0.4 is 0 Å². The molecular weight excluding hydrogens is 344 g/mol. The van der Waals surface area contributed by atoms with E-state index in [4.69, 9.17) is 5.11 Å². The molecule has 2 unspecified atom stereocenters. The lowest BCUT2D eigenvalue weighted by molar-refractivity contribution is -0.137. The maximum atomic E-state index is 10.8. The summed E-state index contributed by atoms with van der Waals surface area (Å²) in [5.74, 6) is -0.717. The number of aliphatic carboxylic acids is 1. The second kappa shape index (κ2) is 2.70. The maximum absolute atomic E-state index is 10.8. The van der Waals surface area contributed by atoms with Gasteiger partial charge in [-0.1, -0.05) is 54.7 Å². The Labute approximate surface area is 90.1 Å². The standard InChI is InChI=1S/C6H7Br3O2/c1-2-3-5(7,4(10)11)6(3,8)9/h3H,2H2,1H3,(H,10,11). The first kappa shape index (κ1) is 9.99. The third kappa shape index (κ3) is 1.11. The molecule has 11 heavy (non-hydrogen) atoms. The van der Waals surface area contributed by atoms with E-state index in [1.165, 1.54) is 0 Å². The van der Waals surface area contributed by atoms with E-state index in [2.05, 4.69) is 47.8 Å². The summed E-state index contributed by atoms with van der Waals surface area (Å²) in [6.07, 6.45) is 0.827. The van der Waals surface area contributed by atoms with E-state index < -0.39 is 13.5 Å². The molecule has 0 radical (unpaired) electrons. The van der Waals surface area contributed by atoms with Crippen molar-refractivity contribution in [3.05, 3.63) is 0 Å². The lowest BCUT2D eigenvalue weighted by Crippen LogP contribution is -2.20. The zero-order valence-electron chi connectivity index (χ0n) is 5.77. The first-order chi connectivity index (χ1) is 4.89. The van der Waals surface area contributed by atoms with Crippen LogP contribution >= 0.6 is 47.8 Å². The van der Waals surface area contributed by atoms with Crippen LogP contribution in [0, 0.1) is 5.92 Å². The van der Waals surface area contributed by atoms with Crippen molar-refractivity contribution in [1.29, 1.82) is 0 Å². The van der Waals surface area contributed by atoms with Crippen molar-refractivity contribution in [2.45, 2.75) is 20.9 Å². The summed E-state index contributed by atoms with van der Waals surface area (Å²) in [6, 6.07) is 0. The van der Waals surface area contributed by atoms with Crippen LogP contribution in [0.15, 0.2) is 0 Å². The molecule has 1 aliphatic carbocycles. The number of carboxylic acid groups (broad SMARTS) is 1. The van der Waals surface area contributed by atoms with Crippen LogP contribution in [-0.4, -0.2) is 18.6 Å². The molecule has 0 spiro atoms. The van der Waals surface area contributed by atoms with Gasteiger partial charge in [-0.3, -0.25) is 4.79 Å². The lowest BCUT2D eigenvalue weighted by atomic mass is 10.2. The van der Waals surface area contributed by atoms with Gasteiger partial charge in [0.05, 0.1) is 0 Å². The molecule has 5 heteroatoms. The van der Waals surface area contributed by atoms with Gasteiger partial charge in [-0.25, -0.2) is 0 Å². The van der Waals surface area contributed by atoms with Crippen molar-refractivity contribution in [3.8, 4) is 0 Å². The van der Waals surface area contributed by atoms with E-state index in [-0.39, 0.29) is 5.92 Å². The van der Waals surface area contributed by atoms with Gasteiger partial charge in [0.1, 0.15) is 3.23 Å². The molecular formula is C6H7Br3O2. The molecule has 1 fully saturated rings. The van der Waals surface area contributed by atoms with Crippen molar-refractivity contribution in [1.82, 2.24) is 0 Å². The van der Waals surface area contributed by atoms with Crippen LogP contribution in [0.2, 0.25) is 0 Å². The number of hydrogen-bond donors (Lipinski definition) is 1. The lowest BCUT2D eigenvalue weighted by Gasteiger charge is -2.01. The molecule has 2 atom stereocenters. The fourth-order valence-electron chi connectivity index (χ4n) is 1.27. The Kier molecular flexibility index (Phi) is 2.46. The van der Waals surface area contributed by atoms with Crippen molar-refractivity contribution in [2.24, 2.45) is 5.92 Å². The normalized spacial score (nSPS) is 40.2. The number of carboxylic acids is 1. The maximum Gasteiger partial charge on any atom is 0.323 e. The van der Waals surface area contributed by atoms with E-state index in [1.807, 2.05) is 6.92 Å². The summed E-state index contributed by atoms with van der Waals surface area (Å²) >= 11 is 9.86. The molecule has 1 saturated carbocycles. The van der Waals surface area contributed by atoms with Crippen LogP contribution in [0.4, 0.5) is 0 Å². The van der Waals surface area contributed by atoms with Gasteiger partial charge < -0.3 is 5.11 Å². The van der Waals surface area contributed by atoms with Gasteiger partial charge in [-0.05, 0) is 6.42 Å². The van der Waals surface area contributed by atoms with Crippen LogP contribution in [0.1, 0.15) is 13.3 Å². The van der Waals surface area contributed by atoms with Gasteiger partial charge in [0, 0.05) is 5.92 Å². The van der Waals surface area contributed by atoms with E-state index >= 15 is 0 Å². The molecule has 1 rings (SSSR count). The highest BCUT2D eigenvalue weighted by molar-refractivity contribution is 9.26. The topological polar surface area (TPSA) is 37.3 Å². The predicted octanol–water partition coefficient (Wildman–Crippen LogP) is 2.73. The number of rotatable bonds is 2. The van der Waals surface area contributed by atoms with E-state index in [9.17, 15) is 4.79 Å². The molecule has 2 nitrogen and oxygen atoms in total. The molecule has 64 valence electrons. The fourth-order valence-corrected chi connectivity index (χ4v) is 4.71. The Morgan fingerprint density at radius 2 is 2.00 bits per heavy atom. The molecule has 0 aliphatic heterocycles. The molecule has 0 bridgehead atoms. The van der Waals surface area contributed by atoms with Crippen LogP contribution in [0.25, 0.3) is 0 Å². The highest BCUT2D eigenvalue weighted by Crippen LogP contribution is 2.71. The fraction of sp³-hybridized carbons (Fsp3) is 0.833. The SMILES string of the molecule is CCC1C(Br)(Br)C1(Br)C(=O)O. The third-order valence-corrected chi connectivity index (χ3v) is 6.98. The summed E-state index contributed by atoms with van der Waals surface area (Å²) in [5, 5.41) is 8.84. The monoisotopic (exact) mass is 348 g/mol. The minimum absolute atomic E-state index is 0.104. The Balaban J connectivity index is 2.86. The van der Waals surface area contributed by atoms with E-state index in [0.717, 1.165) is 6.42 Å². The molecule has 1 aliphatic rings. The summed E-state index contributed by atoms with van der Waals surface area (Å²) < 4.78 is -1.29. The van der Waals surface area contributed by atoms with Gasteiger partial charge in [0.15, 0.2) is 4.32 Å². The van der Waals surface area contributed by atoms with Gasteiger partial charge in [0.2, 0.25) is 0 Å². The number of halogens is 3. The number of hydrogen-bond acceptors (Lipinski definition) is 1. The largest absolute Gasteiger partial charge is 0.480 e. The average Bonchev–Trinajstić information content (AvgIpc) is 2.29. The number of alkyl halides is 3. The van der Waals surface area contributed by atoms with Gasteiger partial charge in [-0.15, -0.1) is 0 Å². The number of carbonyl (C=O) groups is 1. The molecule has 0 saturated heterocycles. The van der Waals surface area contributed by atoms with Crippen molar-refractivity contribution < 1.29 is 9.90 Å². The Bertz CT molecular complexity index is 204. The third-order valence-electron chi connectivity index (χ3n) is 2.04. The molecule has 0 aromatic rings. The Morgan fingerprint density at radius 3 is 2.09 bits per heavy atom. The molecule has 1 N–H and O–H groups in total. The smallest absolute Gasteiger partial charge is 0.323 e. The zero-order chi connectivity index (χ0) is 8.86. The summed E-state index contributed by atoms with van der Waals surface area (Å²) in [7, 11) is 0. The summed E-state index contributed by atoms with van der Waals surface area (Å²) in [5.41, 5.74) is 0. The summed E-state index contributed by atoms with van der Waals surface area (Å²) in [6.45, 7) is 1.97. The van der Waals surface area contributed by atoms with E-state index in [0.29, 0.717) is 0 Å². The van der Waals surface area contributed by atoms with Gasteiger partial charge in [-0.2, -0.15) is 0 Å². The zero-order valence-corrected chi connectivity index (χ0v) is 10.5. The van der Waals surface area contributed by atoms with Crippen molar-refractivity contribution in [2.75, 3.05) is 0 Å². The highest BCUT2D eigenvalue weighted by Gasteiger charge is 2.77. The van der Waals surface area contributed by atoms with E-state index in [1.54, 1.807) is 0 Å². The first-order valence-corrected chi connectivity index (χ1v) is 5.57. The second-order valence-corrected chi connectivity index (χ2v) is 7.42. The molecule has 0 aromatic carbocycles. The molecule has 0 amide bonds. The average molecular weight is 351 g/mol. The molecule has 0 heterocycles. The Hall–Kier alpha value is 0.910. The van der Waals surface area contributed by atoms with Gasteiger partial charge >= 0.3 is 5.97 Å². The minimum Gasteiger partial charge on any atom is -0.480 e. The van der Waals surface area contributed by atoms with Crippen LogP contribution in [-0.2, 0) is 4.79 Å². The van der Waals surface area contributed by atoms with Crippen molar-refractivity contribution >= 4 is 53.8 Å². The molecule has 0 aromatic heterocycles. The van der Waals surface area contributed by atoms with Crippen LogP contribution in [0.5, 0.6) is 0 Å². The Morgan fingerprint density at radius 1 is 1.55 bits per heavy atom. The minimum atomic E-state index is -0.825. The van der Waals surface area contributed by atoms with Crippen molar-refractivity contribution in [3.63, 3.8) is 0 Å². The quantitative estimate of drug-likeness (QED) is 0.777.